The first-order valence-corrected chi connectivity index (χ1v) is 7.59. The van der Waals surface area contributed by atoms with Crippen LogP contribution in [0.3, 0.4) is 0 Å². The van der Waals surface area contributed by atoms with Gasteiger partial charge >= 0.3 is 0 Å². The minimum Gasteiger partial charge on any atom is -0.310 e. The van der Waals surface area contributed by atoms with E-state index in [0.717, 1.165) is 19.4 Å². The lowest BCUT2D eigenvalue weighted by molar-refractivity contribution is 0.524. The highest BCUT2D eigenvalue weighted by molar-refractivity contribution is 5.19. The number of hydrogen-bond acceptors (Lipinski definition) is 1. The summed E-state index contributed by atoms with van der Waals surface area (Å²) in [6, 6.07) is 11.1. The Hall–Kier alpha value is -1.60. The molecule has 0 spiro atoms. The first kappa shape index (κ1) is 16.5. The molecule has 1 unspecified atom stereocenters. The van der Waals surface area contributed by atoms with Gasteiger partial charge in [-0.15, -0.1) is 0 Å². The molecule has 0 saturated heterocycles. The van der Waals surface area contributed by atoms with E-state index in [1.165, 1.54) is 18.4 Å². The molecule has 1 aromatic rings. The maximum absolute atomic E-state index is 3.67. The summed E-state index contributed by atoms with van der Waals surface area (Å²) in [5.41, 5.74) is 1.37. The Bertz CT molecular complexity index is 403. The molecule has 0 amide bonds. The van der Waals surface area contributed by atoms with Gasteiger partial charge in [-0.1, -0.05) is 80.6 Å². The minimum absolute atomic E-state index is 0.419. The quantitative estimate of drug-likeness (QED) is 0.350. The average Bonchev–Trinajstić information content (AvgIpc) is 2.50. The molecule has 1 N–H and O–H groups in total. The van der Waals surface area contributed by atoms with E-state index in [4.69, 9.17) is 0 Å². The lowest BCUT2D eigenvalue weighted by atomic mass is 10.0. The topological polar surface area (TPSA) is 12.0 Å². The summed E-state index contributed by atoms with van der Waals surface area (Å²) in [6.45, 7) is 6.98. The van der Waals surface area contributed by atoms with Gasteiger partial charge in [0.25, 0.3) is 0 Å². The fourth-order valence-corrected chi connectivity index (χ4v) is 2.06. The molecule has 0 saturated carbocycles. The van der Waals surface area contributed by atoms with Gasteiger partial charge in [0.05, 0.1) is 0 Å². The van der Waals surface area contributed by atoms with Crippen LogP contribution < -0.4 is 5.32 Å². The second-order valence-electron chi connectivity index (χ2n) is 4.88. The lowest BCUT2D eigenvalue weighted by Gasteiger charge is -2.17. The van der Waals surface area contributed by atoms with E-state index in [9.17, 15) is 0 Å². The normalized spacial score (nSPS) is 13.1. The summed E-state index contributed by atoms with van der Waals surface area (Å²) in [5.74, 6) is 0. The summed E-state index contributed by atoms with van der Waals surface area (Å²) < 4.78 is 0. The third-order valence-electron chi connectivity index (χ3n) is 3.21. The van der Waals surface area contributed by atoms with E-state index in [1.54, 1.807) is 0 Å². The molecule has 0 aromatic heterocycles. The fraction of sp³-hybridized carbons (Fsp3) is 0.368. The molecule has 0 aliphatic carbocycles. The Morgan fingerprint density at radius 1 is 1.15 bits per heavy atom. The number of benzene rings is 1. The van der Waals surface area contributed by atoms with Crippen molar-refractivity contribution in [3.8, 4) is 0 Å². The van der Waals surface area contributed by atoms with E-state index in [0.29, 0.717) is 6.04 Å². The molecular weight excluding hydrogens is 242 g/mol. The van der Waals surface area contributed by atoms with Crippen molar-refractivity contribution in [2.24, 2.45) is 0 Å². The van der Waals surface area contributed by atoms with Crippen LogP contribution >= 0.6 is 0 Å². The van der Waals surface area contributed by atoms with Gasteiger partial charge in [0.15, 0.2) is 0 Å². The number of nitrogens with one attached hydrogen (secondary N) is 1. The second kappa shape index (κ2) is 11.2. The minimum atomic E-state index is 0.419. The van der Waals surface area contributed by atoms with Gasteiger partial charge in [0, 0.05) is 6.04 Å². The van der Waals surface area contributed by atoms with Gasteiger partial charge in [-0.2, -0.15) is 0 Å². The van der Waals surface area contributed by atoms with E-state index >= 15 is 0 Å². The Morgan fingerprint density at radius 2 is 1.95 bits per heavy atom. The Morgan fingerprint density at radius 3 is 2.65 bits per heavy atom. The Labute approximate surface area is 124 Å². The molecule has 1 rings (SSSR count). The van der Waals surface area contributed by atoms with Crippen LogP contribution in [0.1, 0.15) is 44.2 Å². The number of unbranched alkanes of at least 4 members (excludes halogenated alkanes) is 1. The first-order valence-electron chi connectivity index (χ1n) is 7.59. The molecule has 20 heavy (non-hydrogen) atoms. The summed E-state index contributed by atoms with van der Waals surface area (Å²) >= 11 is 0. The highest BCUT2D eigenvalue weighted by atomic mass is 14.9. The standard InChI is InChI=1S/C19H27N/c1-3-5-7-8-9-13-16-19(20-17-6-4-2)18-14-11-10-12-15-18/h3,5,7,9-15,19-20H,1,4,6,8,16-17H2,2H3/b7-5+,13-9+. The van der Waals surface area contributed by atoms with Crippen LogP contribution in [-0.4, -0.2) is 6.54 Å². The fourth-order valence-electron chi connectivity index (χ4n) is 2.06. The van der Waals surface area contributed by atoms with Gasteiger partial charge in [0.2, 0.25) is 0 Å². The number of rotatable bonds is 10. The molecular formula is C19H27N. The molecule has 1 nitrogen and oxygen atoms in total. The highest BCUT2D eigenvalue weighted by Gasteiger charge is 2.07. The third kappa shape index (κ3) is 7.10. The summed E-state index contributed by atoms with van der Waals surface area (Å²) in [5, 5.41) is 3.65. The van der Waals surface area contributed by atoms with Gasteiger partial charge in [-0.3, -0.25) is 0 Å². The molecule has 0 aliphatic rings. The van der Waals surface area contributed by atoms with Gasteiger partial charge in [-0.25, -0.2) is 0 Å². The average molecular weight is 269 g/mol. The third-order valence-corrected chi connectivity index (χ3v) is 3.21. The van der Waals surface area contributed by atoms with E-state index in [2.05, 4.69) is 67.4 Å². The maximum atomic E-state index is 3.67. The largest absolute Gasteiger partial charge is 0.310 e. The SMILES string of the molecule is C=C/C=C/C/C=C/CC(NCCCC)c1ccccc1. The smallest absolute Gasteiger partial charge is 0.0354 e. The van der Waals surface area contributed by atoms with Crippen molar-refractivity contribution in [1.29, 1.82) is 0 Å². The summed E-state index contributed by atoms with van der Waals surface area (Å²) in [7, 11) is 0. The Balaban J connectivity index is 2.50. The summed E-state index contributed by atoms with van der Waals surface area (Å²) in [4.78, 5) is 0. The van der Waals surface area contributed by atoms with Crippen LogP contribution in [0.4, 0.5) is 0 Å². The van der Waals surface area contributed by atoms with Gasteiger partial charge in [-0.05, 0) is 31.4 Å². The van der Waals surface area contributed by atoms with Crippen LogP contribution in [0, 0.1) is 0 Å². The van der Waals surface area contributed by atoms with E-state index in [-0.39, 0.29) is 0 Å². The zero-order valence-electron chi connectivity index (χ0n) is 12.6. The molecule has 0 bridgehead atoms. The number of allylic oxidation sites excluding steroid dienone is 4. The first-order chi connectivity index (χ1) is 9.88. The van der Waals surface area contributed by atoms with Crippen LogP contribution in [0.25, 0.3) is 0 Å². The van der Waals surface area contributed by atoms with Crippen molar-refractivity contribution in [2.75, 3.05) is 6.54 Å². The zero-order chi connectivity index (χ0) is 14.5. The van der Waals surface area contributed by atoms with Crippen molar-refractivity contribution in [3.05, 3.63) is 72.9 Å². The van der Waals surface area contributed by atoms with Crippen molar-refractivity contribution < 1.29 is 0 Å². The molecule has 0 heterocycles. The van der Waals surface area contributed by atoms with E-state index in [1.807, 2.05) is 12.2 Å². The molecule has 1 aromatic carbocycles. The zero-order valence-corrected chi connectivity index (χ0v) is 12.6. The molecule has 0 radical (unpaired) electrons. The van der Waals surface area contributed by atoms with Crippen molar-refractivity contribution in [2.45, 2.75) is 38.6 Å². The predicted molar refractivity (Wildman–Crippen MR) is 89.8 cm³/mol. The molecule has 1 heteroatoms. The number of hydrogen-bond donors (Lipinski definition) is 1. The molecule has 0 aliphatic heterocycles. The van der Waals surface area contributed by atoms with Crippen molar-refractivity contribution in [3.63, 3.8) is 0 Å². The molecule has 0 fully saturated rings. The van der Waals surface area contributed by atoms with Crippen LogP contribution in [0.5, 0.6) is 0 Å². The molecule has 1 atom stereocenters. The van der Waals surface area contributed by atoms with Crippen molar-refractivity contribution in [1.82, 2.24) is 5.32 Å². The van der Waals surface area contributed by atoms with E-state index < -0.39 is 0 Å². The van der Waals surface area contributed by atoms with Crippen LogP contribution in [-0.2, 0) is 0 Å². The summed E-state index contributed by atoms with van der Waals surface area (Å²) in [6.07, 6.45) is 14.9. The van der Waals surface area contributed by atoms with Gasteiger partial charge < -0.3 is 5.32 Å². The second-order valence-corrected chi connectivity index (χ2v) is 4.88. The Kier molecular flexibility index (Phi) is 9.25. The van der Waals surface area contributed by atoms with Crippen LogP contribution in [0.15, 0.2) is 67.3 Å². The van der Waals surface area contributed by atoms with Gasteiger partial charge in [0.1, 0.15) is 0 Å². The highest BCUT2D eigenvalue weighted by Crippen LogP contribution is 2.17. The predicted octanol–water partition coefficient (Wildman–Crippen LogP) is 5.20. The lowest BCUT2D eigenvalue weighted by Crippen LogP contribution is -2.21. The molecule has 108 valence electrons. The van der Waals surface area contributed by atoms with Crippen molar-refractivity contribution >= 4 is 0 Å². The monoisotopic (exact) mass is 269 g/mol. The van der Waals surface area contributed by atoms with Crippen LogP contribution in [0.2, 0.25) is 0 Å². The maximum Gasteiger partial charge on any atom is 0.0354 e.